The molecule has 0 aliphatic carbocycles. The lowest BCUT2D eigenvalue weighted by Crippen LogP contribution is -2.15. The van der Waals surface area contributed by atoms with Gasteiger partial charge in [-0.25, -0.2) is 0 Å². The quantitative estimate of drug-likeness (QED) is 0.349. The molecular formula is C5H10N2OS. The summed E-state index contributed by atoms with van der Waals surface area (Å²) < 4.78 is 4.77. The van der Waals surface area contributed by atoms with Crippen molar-refractivity contribution in [2.24, 2.45) is 5.73 Å². The monoisotopic (exact) mass is 146 g/mol. The maximum absolute atomic E-state index is 7.03. The van der Waals surface area contributed by atoms with E-state index in [1.54, 1.807) is 0 Å². The molecule has 0 saturated heterocycles. The lowest BCUT2D eigenvalue weighted by molar-refractivity contribution is 0.319. The highest BCUT2D eigenvalue weighted by atomic mass is 32.1. The van der Waals surface area contributed by atoms with Crippen LogP contribution in [-0.2, 0) is 4.74 Å². The minimum Gasteiger partial charge on any atom is -0.481 e. The van der Waals surface area contributed by atoms with Crippen LogP contribution in [0, 0.1) is 5.41 Å². The molecule has 52 valence electrons. The largest absolute Gasteiger partial charge is 0.481 e. The lowest BCUT2D eigenvalue weighted by atomic mass is 10.4. The Balaban J connectivity index is 3.39. The molecule has 0 atom stereocenters. The first kappa shape index (κ1) is 8.36. The number of nitrogens with one attached hydrogen (secondary N) is 1. The van der Waals surface area contributed by atoms with Gasteiger partial charge in [0, 0.05) is 0 Å². The van der Waals surface area contributed by atoms with Crippen molar-refractivity contribution in [2.45, 2.75) is 13.3 Å². The van der Waals surface area contributed by atoms with Gasteiger partial charge in [-0.15, -0.1) is 0 Å². The zero-order chi connectivity index (χ0) is 7.28. The van der Waals surface area contributed by atoms with Crippen LogP contribution in [0.5, 0.6) is 0 Å². The molecule has 0 bridgehead atoms. The Morgan fingerprint density at radius 3 is 2.67 bits per heavy atom. The van der Waals surface area contributed by atoms with Crippen LogP contribution in [-0.4, -0.2) is 17.5 Å². The Hall–Kier alpha value is -0.640. The Labute approximate surface area is 59.7 Å². The summed E-state index contributed by atoms with van der Waals surface area (Å²) in [7, 11) is 0. The summed E-state index contributed by atoms with van der Waals surface area (Å²) in [5, 5.41) is 7.03. The highest BCUT2D eigenvalue weighted by Crippen LogP contribution is 1.85. The van der Waals surface area contributed by atoms with Crippen LogP contribution in [0.3, 0.4) is 0 Å². The number of ether oxygens (including phenoxy) is 1. The first-order valence-corrected chi connectivity index (χ1v) is 3.06. The van der Waals surface area contributed by atoms with Gasteiger partial charge < -0.3 is 10.5 Å². The van der Waals surface area contributed by atoms with E-state index in [4.69, 9.17) is 15.9 Å². The van der Waals surface area contributed by atoms with E-state index >= 15 is 0 Å². The summed E-state index contributed by atoms with van der Waals surface area (Å²) in [6, 6.07) is 0. The number of rotatable bonds is 3. The summed E-state index contributed by atoms with van der Waals surface area (Å²) in [5.74, 6) is 0.144. The van der Waals surface area contributed by atoms with Crippen molar-refractivity contribution in [3.05, 3.63) is 0 Å². The number of hydrogen-bond donors (Lipinski definition) is 2. The Bertz CT molecular complexity index is 124. The predicted octanol–water partition coefficient (Wildman–Crippen LogP) is 0.676. The van der Waals surface area contributed by atoms with E-state index in [9.17, 15) is 0 Å². The third-order valence-electron chi connectivity index (χ3n) is 0.653. The predicted molar refractivity (Wildman–Crippen MR) is 40.8 cm³/mol. The standard InChI is InChI=1S/C5H10N2OS/c1-2-8-4(6)3-5(7)9/h6H,2-3H2,1H3,(H2,7,9). The fraction of sp³-hybridized carbons (Fsp3) is 0.600. The molecule has 0 amide bonds. The summed E-state index contributed by atoms with van der Waals surface area (Å²) in [5.41, 5.74) is 5.13. The van der Waals surface area contributed by atoms with Crippen LogP contribution in [0.4, 0.5) is 0 Å². The molecular weight excluding hydrogens is 136 g/mol. The molecule has 0 heterocycles. The van der Waals surface area contributed by atoms with Crippen molar-refractivity contribution in [3.8, 4) is 0 Å². The average molecular weight is 146 g/mol. The van der Waals surface area contributed by atoms with Gasteiger partial charge >= 0.3 is 0 Å². The van der Waals surface area contributed by atoms with Gasteiger partial charge in [0.15, 0.2) is 5.90 Å². The minimum absolute atomic E-state index is 0.144. The molecule has 0 fully saturated rings. The van der Waals surface area contributed by atoms with Gasteiger partial charge in [0.25, 0.3) is 0 Å². The smallest absolute Gasteiger partial charge is 0.187 e. The van der Waals surface area contributed by atoms with Crippen LogP contribution >= 0.6 is 12.2 Å². The topological polar surface area (TPSA) is 59.1 Å². The Kier molecular flexibility index (Phi) is 3.96. The van der Waals surface area contributed by atoms with Crippen molar-refractivity contribution in [1.29, 1.82) is 5.41 Å². The van der Waals surface area contributed by atoms with Crippen LogP contribution in [0.25, 0.3) is 0 Å². The first-order chi connectivity index (χ1) is 4.16. The SMILES string of the molecule is CCOC(=N)CC(N)=S. The molecule has 0 radical (unpaired) electrons. The Morgan fingerprint density at radius 1 is 1.78 bits per heavy atom. The minimum atomic E-state index is 0.144. The highest BCUT2D eigenvalue weighted by molar-refractivity contribution is 7.80. The van der Waals surface area contributed by atoms with E-state index < -0.39 is 0 Å². The van der Waals surface area contributed by atoms with E-state index in [0.29, 0.717) is 11.6 Å². The lowest BCUT2D eigenvalue weighted by Gasteiger charge is -2.01. The van der Waals surface area contributed by atoms with Gasteiger partial charge in [0.05, 0.1) is 18.0 Å². The third kappa shape index (κ3) is 5.23. The van der Waals surface area contributed by atoms with Gasteiger partial charge in [0.1, 0.15) is 0 Å². The van der Waals surface area contributed by atoms with E-state index in [1.165, 1.54) is 0 Å². The summed E-state index contributed by atoms with van der Waals surface area (Å²) in [6.45, 7) is 2.32. The van der Waals surface area contributed by atoms with Gasteiger partial charge in [0.2, 0.25) is 0 Å². The van der Waals surface area contributed by atoms with Crippen LogP contribution in [0.1, 0.15) is 13.3 Å². The van der Waals surface area contributed by atoms with Crippen molar-refractivity contribution in [3.63, 3.8) is 0 Å². The van der Waals surface area contributed by atoms with Crippen LogP contribution < -0.4 is 5.73 Å². The average Bonchev–Trinajstić information content (AvgIpc) is 1.63. The second kappa shape index (κ2) is 4.26. The normalized spacial score (nSPS) is 8.56. The summed E-state index contributed by atoms with van der Waals surface area (Å²) in [4.78, 5) is 0.299. The van der Waals surface area contributed by atoms with Crippen molar-refractivity contribution >= 4 is 23.1 Å². The molecule has 0 aromatic rings. The zero-order valence-electron chi connectivity index (χ0n) is 5.31. The van der Waals surface area contributed by atoms with Gasteiger partial charge in [-0.3, -0.25) is 5.41 Å². The van der Waals surface area contributed by atoms with E-state index in [-0.39, 0.29) is 12.3 Å². The maximum atomic E-state index is 7.03. The van der Waals surface area contributed by atoms with Crippen molar-refractivity contribution in [2.75, 3.05) is 6.61 Å². The van der Waals surface area contributed by atoms with E-state index in [0.717, 1.165) is 0 Å². The maximum Gasteiger partial charge on any atom is 0.187 e. The molecule has 3 nitrogen and oxygen atoms in total. The van der Waals surface area contributed by atoms with Crippen LogP contribution in [0.15, 0.2) is 0 Å². The van der Waals surface area contributed by atoms with Crippen molar-refractivity contribution < 1.29 is 4.74 Å². The molecule has 4 heteroatoms. The molecule has 0 aromatic carbocycles. The molecule has 0 aliphatic heterocycles. The Morgan fingerprint density at radius 2 is 2.33 bits per heavy atom. The molecule has 0 aliphatic rings. The molecule has 9 heavy (non-hydrogen) atoms. The number of hydrogen-bond acceptors (Lipinski definition) is 3. The van der Waals surface area contributed by atoms with Crippen molar-refractivity contribution in [1.82, 2.24) is 0 Å². The van der Waals surface area contributed by atoms with Gasteiger partial charge in [-0.1, -0.05) is 12.2 Å². The third-order valence-corrected chi connectivity index (χ3v) is 0.798. The van der Waals surface area contributed by atoms with E-state index in [2.05, 4.69) is 12.2 Å². The molecule has 0 aromatic heterocycles. The first-order valence-electron chi connectivity index (χ1n) is 2.65. The molecule has 3 N–H and O–H groups in total. The fourth-order valence-electron chi connectivity index (χ4n) is 0.384. The molecule has 0 rings (SSSR count). The molecule has 0 saturated carbocycles. The number of thiocarbonyl (C=S) groups is 1. The highest BCUT2D eigenvalue weighted by Gasteiger charge is 1.96. The van der Waals surface area contributed by atoms with Crippen LogP contribution in [0.2, 0.25) is 0 Å². The van der Waals surface area contributed by atoms with Gasteiger partial charge in [-0.2, -0.15) is 0 Å². The van der Waals surface area contributed by atoms with E-state index in [1.807, 2.05) is 6.92 Å². The second-order valence-electron chi connectivity index (χ2n) is 1.50. The molecule has 0 spiro atoms. The zero-order valence-corrected chi connectivity index (χ0v) is 6.12. The second-order valence-corrected chi connectivity index (χ2v) is 2.02. The molecule has 0 unspecified atom stereocenters. The number of nitrogens with two attached hydrogens (primary N) is 1. The fourth-order valence-corrected chi connectivity index (χ4v) is 0.515. The summed E-state index contributed by atoms with van der Waals surface area (Å²) in [6.07, 6.45) is 0.267. The summed E-state index contributed by atoms with van der Waals surface area (Å²) >= 11 is 4.54. The van der Waals surface area contributed by atoms with Gasteiger partial charge in [-0.05, 0) is 6.92 Å².